The molecule has 1 amide bonds. The molecule has 0 bridgehead atoms. The summed E-state index contributed by atoms with van der Waals surface area (Å²) in [6, 6.07) is 11.5. The summed E-state index contributed by atoms with van der Waals surface area (Å²) in [5.41, 5.74) is 0.209. The smallest absolute Gasteiger partial charge is 0.491 e. The zero-order valence-corrected chi connectivity index (χ0v) is 13.7. The Morgan fingerprint density at radius 1 is 1.00 bits per heavy atom. The lowest BCUT2D eigenvalue weighted by atomic mass is 10.2. The lowest BCUT2D eigenvalue weighted by molar-refractivity contribution is -0.274. The van der Waals surface area contributed by atoms with Crippen LogP contribution < -0.4 is 14.8 Å². The SMILES string of the molecule is O=C(CCCOc1ccccc1F)NCc1ccccc1OC(F)(F)F. The average molecular weight is 371 g/mol. The summed E-state index contributed by atoms with van der Waals surface area (Å²) < 4.78 is 59.5. The van der Waals surface area contributed by atoms with E-state index in [2.05, 4.69) is 10.1 Å². The number of para-hydroxylation sites is 2. The first-order chi connectivity index (χ1) is 12.3. The lowest BCUT2D eigenvalue weighted by Crippen LogP contribution is -2.24. The molecule has 0 saturated heterocycles. The number of hydrogen-bond acceptors (Lipinski definition) is 3. The highest BCUT2D eigenvalue weighted by Crippen LogP contribution is 2.26. The maximum atomic E-state index is 13.3. The van der Waals surface area contributed by atoms with Crippen LogP contribution in [0.2, 0.25) is 0 Å². The summed E-state index contributed by atoms with van der Waals surface area (Å²) in [6.45, 7) is 0.0430. The fraction of sp³-hybridized carbons (Fsp3) is 0.278. The van der Waals surface area contributed by atoms with E-state index in [9.17, 15) is 22.4 Å². The van der Waals surface area contributed by atoms with Crippen molar-refractivity contribution in [3.63, 3.8) is 0 Å². The van der Waals surface area contributed by atoms with Gasteiger partial charge in [0.1, 0.15) is 5.75 Å². The fourth-order valence-corrected chi connectivity index (χ4v) is 2.13. The molecule has 0 aromatic heterocycles. The molecule has 0 heterocycles. The summed E-state index contributed by atoms with van der Waals surface area (Å²) in [4.78, 5) is 11.8. The maximum Gasteiger partial charge on any atom is 0.573 e. The number of carbonyl (C=O) groups excluding carboxylic acids is 1. The Balaban J connectivity index is 1.75. The van der Waals surface area contributed by atoms with E-state index >= 15 is 0 Å². The van der Waals surface area contributed by atoms with Gasteiger partial charge >= 0.3 is 6.36 Å². The molecule has 0 atom stereocenters. The highest BCUT2D eigenvalue weighted by molar-refractivity contribution is 5.75. The Labute approximate surface area is 147 Å². The quantitative estimate of drug-likeness (QED) is 0.559. The van der Waals surface area contributed by atoms with Gasteiger partial charge in [-0.1, -0.05) is 30.3 Å². The van der Waals surface area contributed by atoms with Crippen LogP contribution in [0, 0.1) is 5.82 Å². The Morgan fingerprint density at radius 3 is 2.35 bits per heavy atom. The minimum atomic E-state index is -4.80. The van der Waals surface area contributed by atoms with Crippen LogP contribution in [0.5, 0.6) is 11.5 Å². The second kappa shape index (κ2) is 9.07. The van der Waals surface area contributed by atoms with E-state index in [1.165, 1.54) is 36.4 Å². The topological polar surface area (TPSA) is 47.6 Å². The van der Waals surface area contributed by atoms with Crippen LogP contribution in [0.25, 0.3) is 0 Å². The number of amides is 1. The van der Waals surface area contributed by atoms with E-state index in [1.807, 2.05) is 0 Å². The largest absolute Gasteiger partial charge is 0.573 e. The third-order valence-electron chi connectivity index (χ3n) is 3.32. The van der Waals surface area contributed by atoms with Crippen LogP contribution in [0.1, 0.15) is 18.4 Å². The summed E-state index contributed by atoms with van der Waals surface area (Å²) in [5.74, 6) is -1.10. The monoisotopic (exact) mass is 371 g/mol. The van der Waals surface area contributed by atoms with Crippen molar-refractivity contribution in [3.05, 3.63) is 59.9 Å². The van der Waals surface area contributed by atoms with Gasteiger partial charge in [0.25, 0.3) is 0 Å². The van der Waals surface area contributed by atoms with Crippen LogP contribution in [0.3, 0.4) is 0 Å². The maximum absolute atomic E-state index is 13.3. The molecule has 0 fully saturated rings. The average Bonchev–Trinajstić information content (AvgIpc) is 2.58. The van der Waals surface area contributed by atoms with E-state index in [-0.39, 0.29) is 42.5 Å². The summed E-state index contributed by atoms with van der Waals surface area (Å²) in [7, 11) is 0. The Morgan fingerprint density at radius 2 is 1.65 bits per heavy atom. The molecule has 26 heavy (non-hydrogen) atoms. The number of ether oxygens (including phenoxy) is 2. The molecule has 140 valence electrons. The third-order valence-corrected chi connectivity index (χ3v) is 3.32. The Kier molecular flexibility index (Phi) is 6.82. The van der Waals surface area contributed by atoms with Gasteiger partial charge in [-0.05, 0) is 24.6 Å². The van der Waals surface area contributed by atoms with E-state index in [4.69, 9.17) is 4.74 Å². The molecule has 1 N–H and O–H groups in total. The fourth-order valence-electron chi connectivity index (χ4n) is 2.13. The van der Waals surface area contributed by atoms with Crippen molar-refractivity contribution in [1.29, 1.82) is 0 Å². The van der Waals surface area contributed by atoms with E-state index < -0.39 is 12.2 Å². The molecule has 0 aliphatic heterocycles. The summed E-state index contributed by atoms with van der Waals surface area (Å²) >= 11 is 0. The number of hydrogen-bond donors (Lipinski definition) is 1. The second-order valence-corrected chi connectivity index (χ2v) is 5.31. The number of carbonyl (C=O) groups is 1. The van der Waals surface area contributed by atoms with Crippen molar-refractivity contribution in [3.8, 4) is 11.5 Å². The lowest BCUT2D eigenvalue weighted by Gasteiger charge is -2.13. The molecule has 0 radical (unpaired) electrons. The predicted molar refractivity (Wildman–Crippen MR) is 86.1 cm³/mol. The van der Waals surface area contributed by atoms with Gasteiger partial charge in [0.05, 0.1) is 6.61 Å². The molecule has 2 rings (SSSR count). The molecule has 0 saturated carbocycles. The van der Waals surface area contributed by atoms with Crippen molar-refractivity contribution in [2.75, 3.05) is 6.61 Å². The minimum absolute atomic E-state index is 0.0940. The normalized spacial score (nSPS) is 11.1. The standard InChI is InChI=1S/C18H17F4NO3/c19-14-7-2-4-9-16(14)25-11-5-10-17(24)23-12-13-6-1-3-8-15(13)26-18(20,21)22/h1-4,6-9H,5,10-12H2,(H,23,24). The van der Waals surface area contributed by atoms with Crippen LogP contribution in [0.4, 0.5) is 17.6 Å². The number of benzene rings is 2. The molecule has 2 aromatic rings. The van der Waals surface area contributed by atoms with E-state index in [1.54, 1.807) is 12.1 Å². The molecule has 0 aliphatic carbocycles. The molecule has 0 spiro atoms. The number of alkyl halides is 3. The highest BCUT2D eigenvalue weighted by atomic mass is 19.4. The van der Waals surface area contributed by atoms with Crippen molar-refractivity contribution >= 4 is 5.91 Å². The Hall–Kier alpha value is -2.77. The molecule has 2 aromatic carbocycles. The number of nitrogens with one attached hydrogen (secondary N) is 1. The molecule has 0 unspecified atom stereocenters. The number of halogens is 4. The summed E-state index contributed by atoms with van der Waals surface area (Å²) in [5, 5.41) is 2.52. The minimum Gasteiger partial charge on any atom is -0.491 e. The van der Waals surface area contributed by atoms with Crippen molar-refractivity contribution < 1.29 is 31.8 Å². The third kappa shape index (κ3) is 6.62. The summed E-state index contributed by atoms with van der Waals surface area (Å²) in [6.07, 6.45) is -4.37. The van der Waals surface area contributed by atoms with Gasteiger partial charge in [-0.25, -0.2) is 4.39 Å². The van der Waals surface area contributed by atoms with E-state index in [0.717, 1.165) is 0 Å². The zero-order chi connectivity index (χ0) is 19.0. The van der Waals surface area contributed by atoms with Gasteiger partial charge in [-0.15, -0.1) is 13.2 Å². The van der Waals surface area contributed by atoms with Crippen molar-refractivity contribution in [1.82, 2.24) is 5.32 Å². The molecular weight excluding hydrogens is 354 g/mol. The van der Waals surface area contributed by atoms with Gasteiger partial charge in [-0.2, -0.15) is 0 Å². The molecule has 4 nitrogen and oxygen atoms in total. The highest BCUT2D eigenvalue weighted by Gasteiger charge is 2.31. The van der Waals surface area contributed by atoms with Crippen LogP contribution in [0.15, 0.2) is 48.5 Å². The molecule has 0 aliphatic rings. The first-order valence-corrected chi connectivity index (χ1v) is 7.83. The van der Waals surface area contributed by atoms with Crippen LogP contribution in [-0.2, 0) is 11.3 Å². The zero-order valence-electron chi connectivity index (χ0n) is 13.7. The van der Waals surface area contributed by atoms with Gasteiger partial charge in [-0.3, -0.25) is 4.79 Å². The molecule has 8 heteroatoms. The first-order valence-electron chi connectivity index (χ1n) is 7.83. The van der Waals surface area contributed by atoms with Gasteiger partial charge in [0.2, 0.25) is 5.91 Å². The van der Waals surface area contributed by atoms with Crippen molar-refractivity contribution in [2.24, 2.45) is 0 Å². The van der Waals surface area contributed by atoms with Gasteiger partial charge in [0.15, 0.2) is 11.6 Å². The first kappa shape index (κ1) is 19.6. The van der Waals surface area contributed by atoms with E-state index in [0.29, 0.717) is 6.42 Å². The van der Waals surface area contributed by atoms with Gasteiger partial charge in [0, 0.05) is 18.5 Å². The van der Waals surface area contributed by atoms with Gasteiger partial charge < -0.3 is 14.8 Å². The van der Waals surface area contributed by atoms with Crippen molar-refractivity contribution in [2.45, 2.75) is 25.7 Å². The Bertz CT molecular complexity index is 734. The second-order valence-electron chi connectivity index (χ2n) is 5.31. The predicted octanol–water partition coefficient (Wildman–Crippen LogP) is 4.20. The van der Waals surface area contributed by atoms with Crippen LogP contribution >= 0.6 is 0 Å². The molecular formula is C18H17F4NO3. The van der Waals surface area contributed by atoms with Crippen LogP contribution in [-0.4, -0.2) is 18.9 Å². The number of rotatable bonds is 8.